The van der Waals surface area contributed by atoms with Gasteiger partial charge in [-0.2, -0.15) is 0 Å². The molecule has 1 aliphatic carbocycles. The molecular weight excluding hydrogens is 345 g/mol. The van der Waals surface area contributed by atoms with Crippen LogP contribution < -0.4 is 10.6 Å². The van der Waals surface area contributed by atoms with Crippen molar-refractivity contribution in [3.63, 3.8) is 0 Å². The first-order chi connectivity index (χ1) is 10.7. The van der Waals surface area contributed by atoms with Crippen LogP contribution in [0.5, 0.6) is 0 Å². The lowest BCUT2D eigenvalue weighted by Gasteiger charge is -2.14. The summed E-state index contributed by atoms with van der Waals surface area (Å²) in [6.45, 7) is 5.67. The predicted molar refractivity (Wildman–Crippen MR) is 104 cm³/mol. The van der Waals surface area contributed by atoms with E-state index in [9.17, 15) is 4.79 Å². The van der Waals surface area contributed by atoms with Gasteiger partial charge in [-0.05, 0) is 38.4 Å². The third-order valence-corrected chi connectivity index (χ3v) is 4.10. The summed E-state index contributed by atoms with van der Waals surface area (Å²) >= 11 is 0. The first-order valence-corrected chi connectivity index (χ1v) is 8.10. The van der Waals surface area contributed by atoms with Gasteiger partial charge in [0.15, 0.2) is 0 Å². The molecule has 1 aromatic heterocycles. The zero-order valence-corrected chi connectivity index (χ0v) is 15.7. The Morgan fingerprint density at radius 2 is 2.00 bits per heavy atom. The van der Waals surface area contributed by atoms with Gasteiger partial charge in [0.05, 0.1) is 11.1 Å². The standard InChI is InChI=1S/C18H23N3O.2ClH/c1-3-19-12(2)11-20-18(22)15-10-17(13-8-9-13)21-16-7-5-4-6-14(15)16;;/h4-7,10,12-13,19H,3,8-9,11H2,1-2H3,(H,20,22);2*1H/t12-;;/m1../s1. The minimum absolute atomic E-state index is 0. The SMILES string of the molecule is CCN[C@H](C)CNC(=O)c1cc(C2CC2)nc2ccccc12.Cl.Cl. The Morgan fingerprint density at radius 1 is 1.29 bits per heavy atom. The highest BCUT2D eigenvalue weighted by Crippen LogP contribution is 2.40. The number of benzene rings is 1. The van der Waals surface area contributed by atoms with Crippen LogP contribution in [-0.4, -0.2) is 30.0 Å². The van der Waals surface area contributed by atoms with Gasteiger partial charge in [0.25, 0.3) is 5.91 Å². The average Bonchev–Trinajstić information content (AvgIpc) is 3.36. The van der Waals surface area contributed by atoms with E-state index in [1.165, 1.54) is 12.8 Å². The minimum atomic E-state index is -0.00902. The van der Waals surface area contributed by atoms with Crippen molar-refractivity contribution in [2.75, 3.05) is 13.1 Å². The maximum atomic E-state index is 12.6. The van der Waals surface area contributed by atoms with Crippen LogP contribution in [0.2, 0.25) is 0 Å². The van der Waals surface area contributed by atoms with Crippen LogP contribution in [0.3, 0.4) is 0 Å². The maximum absolute atomic E-state index is 12.6. The minimum Gasteiger partial charge on any atom is -0.350 e. The molecule has 0 spiro atoms. The monoisotopic (exact) mass is 369 g/mol. The fourth-order valence-electron chi connectivity index (χ4n) is 2.73. The summed E-state index contributed by atoms with van der Waals surface area (Å²) < 4.78 is 0. The number of hydrogen-bond donors (Lipinski definition) is 2. The van der Waals surface area contributed by atoms with E-state index in [4.69, 9.17) is 4.98 Å². The second kappa shape index (κ2) is 9.21. The summed E-state index contributed by atoms with van der Waals surface area (Å²) in [6.07, 6.45) is 2.37. The maximum Gasteiger partial charge on any atom is 0.252 e. The number of nitrogens with zero attached hydrogens (tertiary/aromatic N) is 1. The third kappa shape index (κ3) is 4.82. The summed E-state index contributed by atoms with van der Waals surface area (Å²) in [5.74, 6) is 0.530. The Labute approximate surface area is 155 Å². The van der Waals surface area contributed by atoms with Gasteiger partial charge in [-0.15, -0.1) is 24.8 Å². The molecule has 1 aromatic carbocycles. The molecule has 1 heterocycles. The Hall–Kier alpha value is -1.36. The lowest BCUT2D eigenvalue weighted by atomic mass is 10.1. The summed E-state index contributed by atoms with van der Waals surface area (Å²) in [7, 11) is 0. The highest BCUT2D eigenvalue weighted by Gasteiger charge is 2.26. The van der Waals surface area contributed by atoms with Crippen LogP contribution in [-0.2, 0) is 0 Å². The largest absolute Gasteiger partial charge is 0.350 e. The van der Waals surface area contributed by atoms with Crippen molar-refractivity contribution in [1.82, 2.24) is 15.6 Å². The molecule has 1 fully saturated rings. The molecule has 0 aliphatic heterocycles. The van der Waals surface area contributed by atoms with Crippen molar-refractivity contribution in [1.29, 1.82) is 0 Å². The van der Waals surface area contributed by atoms with E-state index in [0.717, 1.165) is 28.7 Å². The number of hydrogen-bond acceptors (Lipinski definition) is 3. The number of para-hydroxylation sites is 1. The molecule has 1 saturated carbocycles. The molecule has 0 bridgehead atoms. The molecule has 3 rings (SSSR count). The van der Waals surface area contributed by atoms with E-state index in [2.05, 4.69) is 24.5 Å². The van der Waals surface area contributed by atoms with Crippen molar-refractivity contribution in [2.24, 2.45) is 0 Å². The second-order valence-corrected chi connectivity index (χ2v) is 6.05. The molecule has 0 radical (unpaired) electrons. The van der Waals surface area contributed by atoms with E-state index < -0.39 is 0 Å². The number of pyridine rings is 1. The first kappa shape index (κ1) is 20.7. The third-order valence-electron chi connectivity index (χ3n) is 4.10. The quantitative estimate of drug-likeness (QED) is 0.816. The molecule has 2 N–H and O–H groups in total. The molecule has 132 valence electrons. The van der Waals surface area contributed by atoms with E-state index in [1.54, 1.807) is 0 Å². The zero-order chi connectivity index (χ0) is 15.5. The number of amides is 1. The van der Waals surface area contributed by atoms with Gasteiger partial charge in [0.2, 0.25) is 0 Å². The van der Waals surface area contributed by atoms with Gasteiger partial charge in [0, 0.05) is 29.6 Å². The smallest absolute Gasteiger partial charge is 0.252 e. The van der Waals surface area contributed by atoms with Crippen molar-refractivity contribution < 1.29 is 4.79 Å². The fraction of sp³-hybridized carbons (Fsp3) is 0.444. The van der Waals surface area contributed by atoms with E-state index in [1.807, 2.05) is 30.3 Å². The van der Waals surface area contributed by atoms with Crippen LogP contribution in [0.15, 0.2) is 30.3 Å². The van der Waals surface area contributed by atoms with Crippen molar-refractivity contribution in [2.45, 2.75) is 38.6 Å². The predicted octanol–water partition coefficient (Wildman–Crippen LogP) is 3.68. The highest BCUT2D eigenvalue weighted by molar-refractivity contribution is 6.06. The van der Waals surface area contributed by atoms with Crippen LogP contribution in [0.4, 0.5) is 0 Å². The summed E-state index contributed by atoms with van der Waals surface area (Å²) in [6, 6.07) is 10.1. The molecule has 1 aliphatic rings. The van der Waals surface area contributed by atoms with Gasteiger partial charge in [-0.3, -0.25) is 9.78 Å². The van der Waals surface area contributed by atoms with Gasteiger partial charge >= 0.3 is 0 Å². The Morgan fingerprint density at radius 3 is 2.67 bits per heavy atom. The number of rotatable bonds is 6. The number of nitrogens with one attached hydrogen (secondary N) is 2. The Balaban J connectivity index is 0.00000144. The molecular formula is C18H25Cl2N3O. The molecule has 24 heavy (non-hydrogen) atoms. The second-order valence-electron chi connectivity index (χ2n) is 6.05. The molecule has 2 aromatic rings. The number of carbonyl (C=O) groups is 1. The van der Waals surface area contributed by atoms with E-state index in [0.29, 0.717) is 12.5 Å². The topological polar surface area (TPSA) is 54.0 Å². The van der Waals surface area contributed by atoms with Crippen molar-refractivity contribution >= 4 is 41.6 Å². The van der Waals surface area contributed by atoms with E-state index in [-0.39, 0.29) is 36.8 Å². The van der Waals surface area contributed by atoms with E-state index >= 15 is 0 Å². The molecule has 1 amide bonds. The van der Waals surface area contributed by atoms with Gasteiger partial charge in [-0.1, -0.05) is 25.1 Å². The van der Waals surface area contributed by atoms with Crippen molar-refractivity contribution in [3.8, 4) is 0 Å². The lowest BCUT2D eigenvalue weighted by molar-refractivity contribution is 0.0951. The summed E-state index contributed by atoms with van der Waals surface area (Å²) in [5, 5.41) is 7.27. The lowest BCUT2D eigenvalue weighted by Crippen LogP contribution is -2.38. The molecule has 6 heteroatoms. The molecule has 0 unspecified atom stereocenters. The summed E-state index contributed by atoms with van der Waals surface area (Å²) in [5.41, 5.74) is 2.72. The van der Waals surface area contributed by atoms with Gasteiger partial charge in [0.1, 0.15) is 0 Å². The number of carbonyl (C=O) groups excluding carboxylic acids is 1. The molecule has 0 saturated heterocycles. The molecule has 4 nitrogen and oxygen atoms in total. The Kier molecular flexibility index (Phi) is 7.94. The van der Waals surface area contributed by atoms with Crippen LogP contribution >= 0.6 is 24.8 Å². The number of likely N-dealkylation sites (N-methyl/N-ethyl adjacent to an activating group) is 1. The Bertz CT molecular complexity index is 689. The first-order valence-electron chi connectivity index (χ1n) is 8.10. The zero-order valence-electron chi connectivity index (χ0n) is 14.0. The summed E-state index contributed by atoms with van der Waals surface area (Å²) in [4.78, 5) is 17.3. The fourth-order valence-corrected chi connectivity index (χ4v) is 2.73. The van der Waals surface area contributed by atoms with Gasteiger partial charge in [-0.25, -0.2) is 0 Å². The average molecular weight is 370 g/mol. The van der Waals surface area contributed by atoms with Crippen LogP contribution in [0.1, 0.15) is 48.7 Å². The van der Waals surface area contributed by atoms with Crippen LogP contribution in [0.25, 0.3) is 10.9 Å². The highest BCUT2D eigenvalue weighted by atomic mass is 35.5. The van der Waals surface area contributed by atoms with Crippen molar-refractivity contribution in [3.05, 3.63) is 41.6 Å². The number of fused-ring (bicyclic) bond motifs is 1. The number of halogens is 2. The normalized spacial score (nSPS) is 14.4. The van der Waals surface area contributed by atoms with Gasteiger partial charge < -0.3 is 10.6 Å². The molecule has 1 atom stereocenters. The van der Waals surface area contributed by atoms with Crippen LogP contribution in [0, 0.1) is 0 Å². The number of aromatic nitrogens is 1.